The molecule has 0 spiro atoms. The van der Waals surface area contributed by atoms with Gasteiger partial charge < -0.3 is 10.4 Å². The van der Waals surface area contributed by atoms with Crippen molar-refractivity contribution in [1.29, 1.82) is 0 Å². The molecule has 0 bridgehead atoms. The average molecular weight is 247 g/mol. The van der Waals surface area contributed by atoms with Crippen molar-refractivity contribution in [3.05, 3.63) is 0 Å². The first-order chi connectivity index (χ1) is 7.42. The number of hydrogen-bond acceptors (Lipinski definition) is 4. The van der Waals surface area contributed by atoms with E-state index in [1.165, 1.54) is 6.26 Å². The molecule has 2 N–H and O–H groups in total. The molecule has 0 radical (unpaired) electrons. The van der Waals surface area contributed by atoms with Gasteiger partial charge in [0.15, 0.2) is 0 Å². The monoisotopic (exact) mass is 247 g/mol. The van der Waals surface area contributed by atoms with Crippen LogP contribution in [0.1, 0.15) is 32.1 Å². The van der Waals surface area contributed by atoms with E-state index in [4.69, 9.17) is 0 Å². The Kier molecular flexibility index (Phi) is 3.29. The zero-order valence-corrected chi connectivity index (χ0v) is 10.6. The highest BCUT2D eigenvalue weighted by molar-refractivity contribution is 7.91. The Bertz CT molecular complexity index is 346. The van der Waals surface area contributed by atoms with E-state index in [1.807, 2.05) is 0 Å². The summed E-state index contributed by atoms with van der Waals surface area (Å²) in [6, 6.07) is 0. The molecule has 0 amide bonds. The fraction of sp³-hybridized carbons (Fsp3) is 1.00. The van der Waals surface area contributed by atoms with Gasteiger partial charge in [-0.3, -0.25) is 0 Å². The molecule has 3 unspecified atom stereocenters. The summed E-state index contributed by atoms with van der Waals surface area (Å²) in [5.74, 6) is 0.149. The number of rotatable bonds is 2. The van der Waals surface area contributed by atoms with Crippen LogP contribution in [0.5, 0.6) is 0 Å². The van der Waals surface area contributed by atoms with Gasteiger partial charge in [-0.25, -0.2) is 8.42 Å². The highest BCUT2D eigenvalue weighted by atomic mass is 32.2. The van der Waals surface area contributed by atoms with Crippen LogP contribution in [0, 0.1) is 5.92 Å². The van der Waals surface area contributed by atoms with Gasteiger partial charge in [0.25, 0.3) is 0 Å². The number of aliphatic hydroxyl groups is 1. The molecule has 1 aliphatic carbocycles. The van der Waals surface area contributed by atoms with Crippen molar-refractivity contribution in [3.63, 3.8) is 0 Å². The summed E-state index contributed by atoms with van der Waals surface area (Å²) in [6.45, 7) is 1.46. The summed E-state index contributed by atoms with van der Waals surface area (Å²) in [5.41, 5.74) is -0.663. The molecule has 0 aromatic rings. The standard InChI is InChI=1S/C11H21NO3S/c1-16(14,15)10-4-2-3-9(7-10)11(13)5-6-12-8-11/h9-10,12-13H,2-8H2,1H3. The highest BCUT2D eigenvalue weighted by Gasteiger charge is 2.43. The van der Waals surface area contributed by atoms with Gasteiger partial charge in [0, 0.05) is 12.8 Å². The minimum absolute atomic E-state index is 0.149. The van der Waals surface area contributed by atoms with E-state index in [-0.39, 0.29) is 11.2 Å². The maximum absolute atomic E-state index is 11.6. The van der Waals surface area contributed by atoms with Gasteiger partial charge in [-0.2, -0.15) is 0 Å². The summed E-state index contributed by atoms with van der Waals surface area (Å²) >= 11 is 0. The molecule has 3 atom stereocenters. The minimum Gasteiger partial charge on any atom is -0.388 e. The van der Waals surface area contributed by atoms with Crippen LogP contribution in [0.4, 0.5) is 0 Å². The molecule has 94 valence electrons. The van der Waals surface area contributed by atoms with Gasteiger partial charge in [-0.1, -0.05) is 6.42 Å². The molecule has 4 nitrogen and oxygen atoms in total. The predicted octanol–water partition coefficient (Wildman–Crippen LogP) is 0.314. The van der Waals surface area contributed by atoms with Crippen molar-refractivity contribution in [2.75, 3.05) is 19.3 Å². The van der Waals surface area contributed by atoms with Gasteiger partial charge in [-0.05, 0) is 38.1 Å². The first-order valence-corrected chi connectivity index (χ1v) is 7.99. The van der Waals surface area contributed by atoms with Crippen molar-refractivity contribution >= 4 is 9.84 Å². The topological polar surface area (TPSA) is 66.4 Å². The Morgan fingerprint density at radius 1 is 1.38 bits per heavy atom. The smallest absolute Gasteiger partial charge is 0.150 e. The second kappa shape index (κ2) is 4.27. The molecule has 16 heavy (non-hydrogen) atoms. The van der Waals surface area contributed by atoms with Crippen molar-refractivity contribution in [3.8, 4) is 0 Å². The van der Waals surface area contributed by atoms with E-state index >= 15 is 0 Å². The Morgan fingerprint density at radius 3 is 2.69 bits per heavy atom. The maximum Gasteiger partial charge on any atom is 0.150 e. The molecule has 0 aromatic carbocycles. The number of sulfone groups is 1. The Balaban J connectivity index is 2.07. The zero-order chi connectivity index (χ0) is 11.8. The number of nitrogens with one attached hydrogen (secondary N) is 1. The lowest BCUT2D eigenvalue weighted by Gasteiger charge is -2.37. The molecule has 2 aliphatic rings. The van der Waals surface area contributed by atoms with Gasteiger partial charge in [0.05, 0.1) is 10.9 Å². The molecule has 1 heterocycles. The molecule has 1 saturated heterocycles. The fourth-order valence-electron chi connectivity index (χ4n) is 3.07. The molecule has 0 aromatic heterocycles. The lowest BCUT2D eigenvalue weighted by molar-refractivity contribution is -0.0142. The van der Waals surface area contributed by atoms with Crippen molar-refractivity contribution in [1.82, 2.24) is 5.32 Å². The Hall–Kier alpha value is -0.130. The highest BCUT2D eigenvalue weighted by Crippen LogP contribution is 2.38. The molecule has 1 aliphatic heterocycles. The van der Waals surface area contributed by atoms with Gasteiger partial charge in [-0.15, -0.1) is 0 Å². The molecule has 1 saturated carbocycles. The first kappa shape index (κ1) is 12.3. The fourth-order valence-corrected chi connectivity index (χ4v) is 4.25. The van der Waals surface area contributed by atoms with E-state index < -0.39 is 15.4 Å². The summed E-state index contributed by atoms with van der Waals surface area (Å²) in [4.78, 5) is 0. The van der Waals surface area contributed by atoms with Crippen molar-refractivity contribution in [2.45, 2.75) is 43.0 Å². The lowest BCUT2D eigenvalue weighted by Crippen LogP contribution is -2.44. The summed E-state index contributed by atoms with van der Waals surface area (Å²) in [6.07, 6.45) is 5.36. The van der Waals surface area contributed by atoms with E-state index in [0.29, 0.717) is 13.0 Å². The quantitative estimate of drug-likeness (QED) is 0.737. The Morgan fingerprint density at radius 2 is 2.12 bits per heavy atom. The third-order valence-corrected chi connectivity index (χ3v) is 5.80. The maximum atomic E-state index is 11.6. The molecule has 5 heteroatoms. The van der Waals surface area contributed by atoms with Crippen molar-refractivity contribution < 1.29 is 13.5 Å². The van der Waals surface area contributed by atoms with Crippen LogP contribution < -0.4 is 5.32 Å². The van der Waals surface area contributed by atoms with Crippen LogP contribution in [0.2, 0.25) is 0 Å². The third-order valence-electron chi connectivity index (χ3n) is 4.16. The van der Waals surface area contributed by atoms with Crippen LogP contribution in [0.25, 0.3) is 0 Å². The summed E-state index contributed by atoms with van der Waals surface area (Å²) < 4.78 is 23.1. The van der Waals surface area contributed by atoms with Crippen LogP contribution in [0.15, 0.2) is 0 Å². The normalized spacial score (nSPS) is 41.1. The molecular formula is C11H21NO3S. The van der Waals surface area contributed by atoms with Crippen LogP contribution >= 0.6 is 0 Å². The predicted molar refractivity (Wildman–Crippen MR) is 63.0 cm³/mol. The van der Waals surface area contributed by atoms with Gasteiger partial charge in [0.2, 0.25) is 0 Å². The van der Waals surface area contributed by atoms with Crippen LogP contribution in [-0.4, -0.2) is 43.7 Å². The van der Waals surface area contributed by atoms with E-state index in [9.17, 15) is 13.5 Å². The largest absolute Gasteiger partial charge is 0.388 e. The van der Waals surface area contributed by atoms with Gasteiger partial charge in [0.1, 0.15) is 9.84 Å². The third kappa shape index (κ3) is 2.41. The number of β-amino-alcohol motifs (C(OH)–C–C–N with tert-alkyl or cyclic N) is 1. The molecule has 2 fully saturated rings. The number of hydrogen-bond donors (Lipinski definition) is 2. The second-order valence-corrected chi connectivity index (χ2v) is 7.67. The summed E-state index contributed by atoms with van der Waals surface area (Å²) in [5, 5.41) is 13.4. The van der Waals surface area contributed by atoms with Crippen LogP contribution in [-0.2, 0) is 9.84 Å². The summed E-state index contributed by atoms with van der Waals surface area (Å²) in [7, 11) is -2.95. The lowest BCUT2D eigenvalue weighted by atomic mass is 9.76. The van der Waals surface area contributed by atoms with Gasteiger partial charge >= 0.3 is 0 Å². The second-order valence-electron chi connectivity index (χ2n) is 5.35. The van der Waals surface area contributed by atoms with E-state index in [1.54, 1.807) is 0 Å². The molecular weight excluding hydrogens is 226 g/mol. The van der Waals surface area contributed by atoms with Crippen LogP contribution in [0.3, 0.4) is 0 Å². The molecule has 2 rings (SSSR count). The zero-order valence-electron chi connectivity index (χ0n) is 9.78. The minimum atomic E-state index is -2.95. The Labute approximate surface area is 97.3 Å². The van der Waals surface area contributed by atoms with E-state index in [2.05, 4.69) is 5.32 Å². The first-order valence-electron chi connectivity index (χ1n) is 6.04. The van der Waals surface area contributed by atoms with E-state index in [0.717, 1.165) is 32.2 Å². The SMILES string of the molecule is CS(=O)(=O)C1CCCC(C2(O)CCNC2)C1. The average Bonchev–Trinajstić information content (AvgIpc) is 2.66. The van der Waals surface area contributed by atoms with Crippen molar-refractivity contribution in [2.24, 2.45) is 5.92 Å².